The van der Waals surface area contributed by atoms with Crippen LogP contribution < -0.4 is 14.8 Å². The second-order valence-corrected chi connectivity index (χ2v) is 8.63. The lowest BCUT2D eigenvalue weighted by atomic mass is 10.2. The van der Waals surface area contributed by atoms with Crippen LogP contribution in [0.2, 0.25) is 0 Å². The number of ether oxygens (including phenoxy) is 2. The Hall–Kier alpha value is -2.58. The molecule has 0 saturated heterocycles. The van der Waals surface area contributed by atoms with E-state index in [1.54, 1.807) is 25.1 Å². The zero-order valence-corrected chi connectivity index (χ0v) is 17.3. The largest absolute Gasteiger partial charge is 0.492 e. The minimum absolute atomic E-state index is 0.195. The third-order valence-electron chi connectivity index (χ3n) is 3.94. The van der Waals surface area contributed by atoms with Crippen LogP contribution in [0.5, 0.6) is 11.5 Å². The number of hydrogen-bond donors (Lipinski definition) is 1. The quantitative estimate of drug-likeness (QED) is 0.646. The molecule has 0 aromatic heterocycles. The lowest BCUT2D eigenvalue weighted by Gasteiger charge is -2.15. The Bertz CT molecular complexity index is 895. The Morgan fingerprint density at radius 1 is 1.11 bits per heavy atom. The summed E-state index contributed by atoms with van der Waals surface area (Å²) in [6.45, 7) is 4.20. The van der Waals surface area contributed by atoms with E-state index in [9.17, 15) is 13.2 Å². The molecule has 2 rings (SSSR count). The number of nitrogens with one attached hydrogen (secondary N) is 1. The first kappa shape index (κ1) is 21.7. The summed E-state index contributed by atoms with van der Waals surface area (Å²) in [5, 5.41) is 2.75. The highest BCUT2D eigenvalue weighted by Gasteiger charge is 2.17. The molecular weight excluding hydrogens is 380 g/mol. The standard InChI is InChI=1S/C20H26N2O5S/c1-15-6-5-7-18(14-15)27-16(2)20(23)21-12-13-26-17-8-10-19(11-9-17)28(24,25)22(3)4/h5-11,14,16H,12-13H2,1-4H3,(H,21,23). The van der Waals surface area contributed by atoms with Gasteiger partial charge >= 0.3 is 0 Å². The summed E-state index contributed by atoms with van der Waals surface area (Å²) in [4.78, 5) is 12.3. The van der Waals surface area contributed by atoms with Crippen molar-refractivity contribution in [2.45, 2.75) is 24.8 Å². The number of aryl methyl sites for hydroxylation is 1. The monoisotopic (exact) mass is 406 g/mol. The molecule has 0 aliphatic heterocycles. The van der Waals surface area contributed by atoms with Crippen molar-refractivity contribution in [2.75, 3.05) is 27.2 Å². The van der Waals surface area contributed by atoms with Crippen molar-refractivity contribution in [3.63, 3.8) is 0 Å². The van der Waals surface area contributed by atoms with Crippen molar-refractivity contribution < 1.29 is 22.7 Å². The summed E-state index contributed by atoms with van der Waals surface area (Å²) >= 11 is 0. The Balaban J connectivity index is 1.77. The van der Waals surface area contributed by atoms with E-state index in [0.29, 0.717) is 18.0 Å². The molecule has 1 atom stereocenters. The first-order valence-corrected chi connectivity index (χ1v) is 10.3. The molecule has 1 unspecified atom stereocenters. The topological polar surface area (TPSA) is 84.9 Å². The first-order valence-electron chi connectivity index (χ1n) is 8.86. The second-order valence-electron chi connectivity index (χ2n) is 6.47. The summed E-state index contributed by atoms with van der Waals surface area (Å²) in [5.41, 5.74) is 1.06. The Morgan fingerprint density at radius 3 is 2.39 bits per heavy atom. The van der Waals surface area contributed by atoms with Crippen molar-refractivity contribution >= 4 is 15.9 Å². The lowest BCUT2D eigenvalue weighted by Crippen LogP contribution is -2.38. The minimum Gasteiger partial charge on any atom is -0.492 e. The summed E-state index contributed by atoms with van der Waals surface area (Å²) in [6.07, 6.45) is -0.627. The SMILES string of the molecule is Cc1cccc(OC(C)C(=O)NCCOc2ccc(S(=O)(=O)N(C)C)cc2)c1. The molecule has 0 aliphatic carbocycles. The van der Waals surface area contributed by atoms with Gasteiger partial charge in [0.25, 0.3) is 5.91 Å². The van der Waals surface area contributed by atoms with E-state index in [0.717, 1.165) is 9.87 Å². The van der Waals surface area contributed by atoms with Gasteiger partial charge in [-0.2, -0.15) is 0 Å². The van der Waals surface area contributed by atoms with E-state index < -0.39 is 16.1 Å². The highest BCUT2D eigenvalue weighted by atomic mass is 32.2. The van der Waals surface area contributed by atoms with Crippen molar-refractivity contribution in [3.05, 3.63) is 54.1 Å². The maximum absolute atomic E-state index is 12.1. The maximum atomic E-state index is 12.1. The fourth-order valence-corrected chi connectivity index (χ4v) is 3.25. The maximum Gasteiger partial charge on any atom is 0.260 e. The number of hydrogen-bond acceptors (Lipinski definition) is 5. The van der Waals surface area contributed by atoms with Crippen LogP contribution in [0.1, 0.15) is 12.5 Å². The predicted molar refractivity (Wildman–Crippen MR) is 107 cm³/mol. The number of sulfonamides is 1. The molecule has 0 heterocycles. The Kier molecular flexibility index (Phi) is 7.42. The van der Waals surface area contributed by atoms with Crippen molar-refractivity contribution in [3.8, 4) is 11.5 Å². The molecule has 0 bridgehead atoms. The molecule has 0 aliphatic rings. The summed E-state index contributed by atoms with van der Waals surface area (Å²) < 4.78 is 36.3. The van der Waals surface area contributed by atoms with E-state index in [-0.39, 0.29) is 17.4 Å². The lowest BCUT2D eigenvalue weighted by molar-refractivity contribution is -0.127. The smallest absolute Gasteiger partial charge is 0.260 e. The average molecular weight is 407 g/mol. The number of rotatable bonds is 9. The molecule has 152 valence electrons. The molecule has 0 spiro atoms. The van der Waals surface area contributed by atoms with Gasteiger partial charge < -0.3 is 14.8 Å². The molecule has 2 aromatic rings. The average Bonchev–Trinajstić information content (AvgIpc) is 2.65. The number of nitrogens with zero attached hydrogens (tertiary/aromatic N) is 1. The minimum atomic E-state index is -3.46. The van der Waals surface area contributed by atoms with Gasteiger partial charge in [0.1, 0.15) is 18.1 Å². The summed E-state index contributed by atoms with van der Waals surface area (Å²) in [6, 6.07) is 13.6. The zero-order valence-electron chi connectivity index (χ0n) is 16.5. The van der Waals surface area contributed by atoms with Crippen LogP contribution >= 0.6 is 0 Å². The van der Waals surface area contributed by atoms with E-state index >= 15 is 0 Å². The first-order chi connectivity index (χ1) is 13.2. The highest BCUT2D eigenvalue weighted by Crippen LogP contribution is 2.18. The van der Waals surface area contributed by atoms with Gasteiger partial charge in [-0.3, -0.25) is 4.79 Å². The second kappa shape index (κ2) is 9.57. The normalized spacial score (nSPS) is 12.5. The van der Waals surface area contributed by atoms with E-state index in [1.807, 2.05) is 25.1 Å². The molecular formula is C20H26N2O5S. The number of benzene rings is 2. The molecule has 0 fully saturated rings. The Morgan fingerprint density at radius 2 is 1.79 bits per heavy atom. The number of carbonyl (C=O) groups is 1. The fourth-order valence-electron chi connectivity index (χ4n) is 2.35. The van der Waals surface area contributed by atoms with Gasteiger partial charge in [-0.25, -0.2) is 12.7 Å². The summed E-state index contributed by atoms with van der Waals surface area (Å²) in [5.74, 6) is 0.931. The van der Waals surface area contributed by atoms with Gasteiger partial charge in [-0.15, -0.1) is 0 Å². The zero-order chi connectivity index (χ0) is 20.7. The third-order valence-corrected chi connectivity index (χ3v) is 5.77. The third kappa shape index (κ3) is 5.97. The van der Waals surface area contributed by atoms with Crippen LogP contribution in [0.3, 0.4) is 0 Å². The molecule has 0 saturated carbocycles. The van der Waals surface area contributed by atoms with Gasteiger partial charge in [0.15, 0.2) is 6.10 Å². The van der Waals surface area contributed by atoms with Crippen LogP contribution in [0, 0.1) is 6.92 Å². The van der Waals surface area contributed by atoms with Crippen LogP contribution in [0.4, 0.5) is 0 Å². The van der Waals surface area contributed by atoms with Gasteiger partial charge in [0.05, 0.1) is 11.4 Å². The fraction of sp³-hybridized carbons (Fsp3) is 0.350. The molecule has 7 nitrogen and oxygen atoms in total. The van der Waals surface area contributed by atoms with E-state index in [2.05, 4.69) is 5.32 Å². The molecule has 28 heavy (non-hydrogen) atoms. The molecule has 8 heteroatoms. The van der Waals surface area contributed by atoms with Crippen LogP contribution in [-0.4, -0.2) is 52.0 Å². The van der Waals surface area contributed by atoms with Crippen molar-refractivity contribution in [2.24, 2.45) is 0 Å². The molecule has 1 N–H and O–H groups in total. The van der Waals surface area contributed by atoms with Crippen molar-refractivity contribution in [1.29, 1.82) is 0 Å². The number of carbonyl (C=O) groups excluding carboxylic acids is 1. The Labute approximate surface area is 166 Å². The molecule has 0 radical (unpaired) electrons. The van der Waals surface area contributed by atoms with Gasteiger partial charge in [0, 0.05) is 14.1 Å². The molecule has 2 aromatic carbocycles. The van der Waals surface area contributed by atoms with Crippen LogP contribution in [-0.2, 0) is 14.8 Å². The number of amides is 1. The van der Waals surface area contributed by atoms with E-state index in [1.165, 1.54) is 26.2 Å². The van der Waals surface area contributed by atoms with Gasteiger partial charge in [-0.05, 0) is 55.8 Å². The predicted octanol–water partition coefficient (Wildman–Crippen LogP) is 2.21. The van der Waals surface area contributed by atoms with Gasteiger partial charge in [-0.1, -0.05) is 12.1 Å². The van der Waals surface area contributed by atoms with E-state index in [4.69, 9.17) is 9.47 Å². The molecule has 1 amide bonds. The van der Waals surface area contributed by atoms with Gasteiger partial charge in [0.2, 0.25) is 10.0 Å². The van der Waals surface area contributed by atoms with Crippen LogP contribution in [0.25, 0.3) is 0 Å². The summed E-state index contributed by atoms with van der Waals surface area (Å²) in [7, 11) is -0.505. The highest BCUT2D eigenvalue weighted by molar-refractivity contribution is 7.89. The van der Waals surface area contributed by atoms with Crippen molar-refractivity contribution in [1.82, 2.24) is 9.62 Å². The van der Waals surface area contributed by atoms with Crippen LogP contribution in [0.15, 0.2) is 53.4 Å².